The topological polar surface area (TPSA) is 65.9 Å². The van der Waals surface area contributed by atoms with Crippen LogP contribution in [-0.4, -0.2) is 61.0 Å². The Balaban J connectivity index is 1.68. The predicted octanol–water partition coefficient (Wildman–Crippen LogP) is 1.61. The normalized spacial score (nSPS) is 27.0. The number of rotatable bonds is 9. The van der Waals surface area contributed by atoms with Crippen LogP contribution in [0.15, 0.2) is 4.99 Å². The molecule has 0 aliphatic heterocycles. The van der Waals surface area contributed by atoms with Crippen LogP contribution in [0.5, 0.6) is 0 Å². The van der Waals surface area contributed by atoms with Crippen LogP contribution in [0.25, 0.3) is 0 Å². The van der Waals surface area contributed by atoms with Crippen LogP contribution in [0.1, 0.15) is 39.0 Å². The molecular formula is C16H31N3O2S. The van der Waals surface area contributed by atoms with Gasteiger partial charge in [-0.15, -0.1) is 0 Å². The van der Waals surface area contributed by atoms with Gasteiger partial charge in [0.25, 0.3) is 0 Å². The molecule has 3 atom stereocenters. The number of ether oxygens (including phenoxy) is 1. The van der Waals surface area contributed by atoms with Gasteiger partial charge in [-0.3, -0.25) is 4.99 Å². The molecule has 6 heteroatoms. The standard InChI is InChI=1S/C16H31N3O2S/c1-3-17-16(19-13-6-7-15(8-13)22-2)18-9-14(20)11-21-10-12-4-5-12/h12-15,20H,3-11H2,1-2H3,(H2,17,18,19). The number of nitrogens with one attached hydrogen (secondary N) is 2. The summed E-state index contributed by atoms with van der Waals surface area (Å²) in [4.78, 5) is 4.50. The minimum absolute atomic E-state index is 0.386. The first-order valence-corrected chi connectivity index (χ1v) is 9.83. The van der Waals surface area contributed by atoms with E-state index < -0.39 is 6.10 Å². The lowest BCUT2D eigenvalue weighted by Crippen LogP contribution is -2.43. The number of hydrogen-bond donors (Lipinski definition) is 3. The van der Waals surface area contributed by atoms with Crippen molar-refractivity contribution in [3.05, 3.63) is 0 Å². The van der Waals surface area contributed by atoms with Crippen LogP contribution in [0, 0.1) is 5.92 Å². The molecule has 2 fully saturated rings. The Morgan fingerprint density at radius 3 is 2.82 bits per heavy atom. The van der Waals surface area contributed by atoms with E-state index >= 15 is 0 Å². The van der Waals surface area contributed by atoms with E-state index in [1.54, 1.807) is 0 Å². The van der Waals surface area contributed by atoms with Crippen molar-refractivity contribution in [2.45, 2.75) is 56.4 Å². The summed E-state index contributed by atoms with van der Waals surface area (Å²) in [5.41, 5.74) is 0. The van der Waals surface area contributed by atoms with Crippen molar-refractivity contribution in [1.82, 2.24) is 10.6 Å². The fourth-order valence-electron chi connectivity index (χ4n) is 2.70. The minimum Gasteiger partial charge on any atom is -0.389 e. The number of aliphatic hydroxyl groups excluding tert-OH is 1. The zero-order valence-corrected chi connectivity index (χ0v) is 14.7. The van der Waals surface area contributed by atoms with Gasteiger partial charge in [-0.1, -0.05) is 0 Å². The lowest BCUT2D eigenvalue weighted by atomic mass is 10.2. The second-order valence-electron chi connectivity index (χ2n) is 6.37. The fourth-order valence-corrected chi connectivity index (χ4v) is 3.50. The molecule has 2 aliphatic carbocycles. The van der Waals surface area contributed by atoms with E-state index in [1.807, 2.05) is 11.8 Å². The van der Waals surface area contributed by atoms with E-state index in [0.717, 1.165) is 30.3 Å². The van der Waals surface area contributed by atoms with Crippen LogP contribution in [0.4, 0.5) is 0 Å². The molecule has 5 nitrogen and oxygen atoms in total. The van der Waals surface area contributed by atoms with E-state index in [1.165, 1.54) is 32.1 Å². The van der Waals surface area contributed by atoms with Crippen molar-refractivity contribution < 1.29 is 9.84 Å². The van der Waals surface area contributed by atoms with E-state index in [0.29, 0.717) is 19.2 Å². The molecule has 0 radical (unpaired) electrons. The van der Waals surface area contributed by atoms with Crippen molar-refractivity contribution in [2.75, 3.05) is 32.6 Å². The molecule has 3 unspecified atom stereocenters. The van der Waals surface area contributed by atoms with Gasteiger partial charge in [0, 0.05) is 24.4 Å². The summed E-state index contributed by atoms with van der Waals surface area (Å²) < 4.78 is 5.51. The first kappa shape index (κ1) is 17.9. The maximum Gasteiger partial charge on any atom is 0.191 e. The van der Waals surface area contributed by atoms with Gasteiger partial charge < -0.3 is 20.5 Å². The van der Waals surface area contributed by atoms with E-state index in [2.05, 4.69) is 28.8 Å². The highest BCUT2D eigenvalue weighted by Crippen LogP contribution is 2.29. The summed E-state index contributed by atoms with van der Waals surface area (Å²) >= 11 is 1.95. The fraction of sp³-hybridized carbons (Fsp3) is 0.938. The van der Waals surface area contributed by atoms with Crippen molar-refractivity contribution in [3.8, 4) is 0 Å². The van der Waals surface area contributed by atoms with Crippen molar-refractivity contribution in [3.63, 3.8) is 0 Å². The van der Waals surface area contributed by atoms with Gasteiger partial charge in [-0.05, 0) is 51.2 Å². The molecule has 2 aliphatic rings. The molecule has 0 heterocycles. The molecule has 128 valence electrons. The zero-order valence-electron chi connectivity index (χ0n) is 13.9. The number of aliphatic imine (C=N–C) groups is 1. The third kappa shape index (κ3) is 6.75. The van der Waals surface area contributed by atoms with Gasteiger partial charge in [-0.25, -0.2) is 0 Å². The molecule has 0 saturated heterocycles. The summed E-state index contributed by atoms with van der Waals surface area (Å²) in [5, 5.41) is 17.5. The minimum atomic E-state index is -0.517. The van der Waals surface area contributed by atoms with Crippen LogP contribution >= 0.6 is 11.8 Å². The molecule has 0 bridgehead atoms. The van der Waals surface area contributed by atoms with Crippen molar-refractivity contribution in [1.29, 1.82) is 0 Å². The number of hydrogen-bond acceptors (Lipinski definition) is 4. The Morgan fingerprint density at radius 2 is 2.18 bits per heavy atom. The van der Waals surface area contributed by atoms with Gasteiger partial charge >= 0.3 is 0 Å². The van der Waals surface area contributed by atoms with Crippen LogP contribution in [-0.2, 0) is 4.74 Å². The maximum absolute atomic E-state index is 9.95. The second kappa shape index (κ2) is 9.63. The highest BCUT2D eigenvalue weighted by atomic mass is 32.2. The van der Waals surface area contributed by atoms with Crippen LogP contribution in [0.2, 0.25) is 0 Å². The molecule has 2 saturated carbocycles. The van der Waals surface area contributed by atoms with Crippen molar-refractivity contribution >= 4 is 17.7 Å². The SMILES string of the molecule is CCNC(=NCC(O)COCC1CC1)NC1CCC(SC)C1. The lowest BCUT2D eigenvalue weighted by molar-refractivity contribution is 0.0368. The van der Waals surface area contributed by atoms with E-state index in [4.69, 9.17) is 4.74 Å². The molecule has 0 aromatic heterocycles. The largest absolute Gasteiger partial charge is 0.389 e. The van der Waals surface area contributed by atoms with Gasteiger partial charge in [0.1, 0.15) is 0 Å². The lowest BCUT2D eigenvalue weighted by Gasteiger charge is -2.18. The van der Waals surface area contributed by atoms with Crippen LogP contribution < -0.4 is 10.6 Å². The Labute approximate surface area is 138 Å². The Morgan fingerprint density at radius 1 is 1.36 bits per heavy atom. The Hall–Kier alpha value is -0.460. The number of thioether (sulfide) groups is 1. The molecule has 22 heavy (non-hydrogen) atoms. The first-order valence-electron chi connectivity index (χ1n) is 8.54. The molecule has 0 spiro atoms. The summed E-state index contributed by atoms with van der Waals surface area (Å²) in [7, 11) is 0. The highest BCUT2D eigenvalue weighted by Gasteiger charge is 2.24. The Bertz CT molecular complexity index is 350. The van der Waals surface area contributed by atoms with E-state index in [9.17, 15) is 5.11 Å². The molecule has 0 aromatic carbocycles. The third-order valence-corrected chi connectivity index (χ3v) is 5.32. The van der Waals surface area contributed by atoms with Gasteiger partial charge in [-0.2, -0.15) is 11.8 Å². The highest BCUT2D eigenvalue weighted by molar-refractivity contribution is 7.99. The summed E-state index contributed by atoms with van der Waals surface area (Å²) in [6.07, 6.45) is 7.89. The van der Waals surface area contributed by atoms with Crippen LogP contribution in [0.3, 0.4) is 0 Å². The van der Waals surface area contributed by atoms with Crippen molar-refractivity contribution in [2.24, 2.45) is 10.9 Å². The number of guanidine groups is 1. The molecular weight excluding hydrogens is 298 g/mol. The number of aliphatic hydroxyl groups is 1. The molecule has 0 aromatic rings. The third-order valence-electron chi connectivity index (χ3n) is 4.22. The first-order chi connectivity index (χ1) is 10.7. The molecule has 3 N–H and O–H groups in total. The zero-order chi connectivity index (χ0) is 15.8. The molecule has 0 amide bonds. The maximum atomic E-state index is 9.95. The van der Waals surface area contributed by atoms with Gasteiger partial charge in [0.15, 0.2) is 5.96 Å². The molecule has 2 rings (SSSR count). The quantitative estimate of drug-likeness (QED) is 0.443. The monoisotopic (exact) mass is 329 g/mol. The van der Waals surface area contributed by atoms with Gasteiger partial charge in [0.05, 0.1) is 19.3 Å². The average molecular weight is 330 g/mol. The van der Waals surface area contributed by atoms with E-state index in [-0.39, 0.29) is 0 Å². The summed E-state index contributed by atoms with van der Waals surface area (Å²) in [5.74, 6) is 1.55. The second-order valence-corrected chi connectivity index (χ2v) is 7.50. The summed E-state index contributed by atoms with van der Waals surface area (Å²) in [6.45, 7) is 4.46. The predicted molar refractivity (Wildman–Crippen MR) is 93.6 cm³/mol. The average Bonchev–Trinajstić information content (AvgIpc) is 3.22. The van der Waals surface area contributed by atoms with Gasteiger partial charge in [0.2, 0.25) is 0 Å². The Kier molecular flexibility index (Phi) is 7.83. The smallest absolute Gasteiger partial charge is 0.191 e. The number of nitrogens with zero attached hydrogens (tertiary/aromatic N) is 1. The summed E-state index contributed by atoms with van der Waals surface area (Å²) in [6, 6.07) is 0.499.